The third kappa shape index (κ3) is 3.21. The summed E-state index contributed by atoms with van der Waals surface area (Å²) in [7, 11) is 5.38. The topological polar surface area (TPSA) is 96.5 Å². The summed E-state index contributed by atoms with van der Waals surface area (Å²) in [5.74, 6) is 1.50. The third-order valence-electron chi connectivity index (χ3n) is 3.94. The van der Waals surface area contributed by atoms with Crippen molar-refractivity contribution in [3.63, 3.8) is 0 Å². The molecule has 2 aromatic rings. The number of aryl methyl sites for hydroxylation is 2. The summed E-state index contributed by atoms with van der Waals surface area (Å²) in [4.78, 5) is 24.6. The third-order valence-corrected chi connectivity index (χ3v) is 3.94. The van der Waals surface area contributed by atoms with Crippen LogP contribution in [0.3, 0.4) is 0 Å². The Bertz CT molecular complexity index is 747. The highest BCUT2D eigenvalue weighted by Gasteiger charge is 2.27. The highest BCUT2D eigenvalue weighted by Crippen LogP contribution is 2.16. The molecule has 1 saturated heterocycles. The lowest BCUT2D eigenvalue weighted by Gasteiger charge is -2.35. The van der Waals surface area contributed by atoms with Gasteiger partial charge in [0.1, 0.15) is 18.7 Å². The van der Waals surface area contributed by atoms with Crippen molar-refractivity contribution in [3.05, 3.63) is 24.5 Å². The van der Waals surface area contributed by atoms with Gasteiger partial charge >= 0.3 is 0 Å². The lowest BCUT2D eigenvalue weighted by molar-refractivity contribution is -0.120. The van der Waals surface area contributed by atoms with Crippen LogP contribution in [0.2, 0.25) is 0 Å². The van der Waals surface area contributed by atoms with Gasteiger partial charge in [0.25, 0.3) is 0 Å². The number of aromatic nitrogens is 5. The summed E-state index contributed by atoms with van der Waals surface area (Å²) in [5, 5.41) is 11.4. The number of nitrogens with zero attached hydrogens (tertiary/aromatic N) is 8. The minimum absolute atomic E-state index is 0.0239. The largest absolute Gasteiger partial charge is 0.349 e. The van der Waals surface area contributed by atoms with Gasteiger partial charge in [0.15, 0.2) is 5.96 Å². The molecule has 24 heavy (non-hydrogen) atoms. The van der Waals surface area contributed by atoms with Crippen molar-refractivity contribution in [1.82, 2.24) is 34.8 Å². The second kappa shape index (κ2) is 6.69. The first kappa shape index (κ1) is 16.0. The van der Waals surface area contributed by atoms with E-state index in [9.17, 15) is 4.79 Å². The highest BCUT2D eigenvalue weighted by molar-refractivity contribution is 5.98. The molecule has 3 rings (SSSR count). The molecule has 0 bridgehead atoms. The number of anilines is 1. The average Bonchev–Trinajstić information content (AvgIpc) is 3.17. The summed E-state index contributed by atoms with van der Waals surface area (Å²) >= 11 is 0. The van der Waals surface area contributed by atoms with Crippen molar-refractivity contribution in [2.75, 3.05) is 31.6 Å². The first-order chi connectivity index (χ1) is 11.6. The molecular formula is C14H21N9O. The molecular weight excluding hydrogens is 310 g/mol. The molecule has 0 atom stereocenters. The average molecular weight is 331 g/mol. The predicted molar refractivity (Wildman–Crippen MR) is 88.3 cm³/mol. The quantitative estimate of drug-likeness (QED) is 0.571. The Kier molecular flexibility index (Phi) is 4.45. The number of aliphatic imine (C=N–C) groups is 1. The summed E-state index contributed by atoms with van der Waals surface area (Å²) in [6.07, 6.45) is 5.05. The van der Waals surface area contributed by atoms with Gasteiger partial charge in [-0.1, -0.05) is 0 Å². The fraction of sp³-hybridized carbons (Fsp3) is 0.500. The Labute approximate surface area is 139 Å². The molecule has 1 aliphatic rings. The Morgan fingerprint density at radius 2 is 2.17 bits per heavy atom. The van der Waals surface area contributed by atoms with Crippen LogP contribution in [0.15, 0.2) is 23.7 Å². The maximum absolute atomic E-state index is 12.5. The van der Waals surface area contributed by atoms with Crippen molar-refractivity contribution in [1.29, 1.82) is 0 Å². The molecule has 1 aliphatic heterocycles. The second-order valence-electron chi connectivity index (χ2n) is 5.54. The maximum atomic E-state index is 12.5. The van der Waals surface area contributed by atoms with Crippen LogP contribution in [0.4, 0.5) is 5.69 Å². The first-order valence-electron chi connectivity index (χ1n) is 7.66. The molecule has 3 heterocycles. The van der Waals surface area contributed by atoms with Gasteiger partial charge < -0.3 is 15.1 Å². The van der Waals surface area contributed by atoms with Gasteiger partial charge in [0.05, 0.1) is 18.4 Å². The van der Waals surface area contributed by atoms with Gasteiger partial charge in [-0.05, 0) is 0 Å². The van der Waals surface area contributed by atoms with Crippen LogP contribution in [0, 0.1) is 0 Å². The van der Waals surface area contributed by atoms with E-state index in [4.69, 9.17) is 0 Å². The fourth-order valence-electron chi connectivity index (χ4n) is 2.65. The number of guanidine groups is 1. The normalized spacial score (nSPS) is 16.0. The fourth-order valence-corrected chi connectivity index (χ4v) is 2.65. The molecule has 0 spiro atoms. The molecule has 0 unspecified atom stereocenters. The summed E-state index contributed by atoms with van der Waals surface area (Å²) in [6, 6.07) is 0. The summed E-state index contributed by atoms with van der Waals surface area (Å²) in [5.41, 5.74) is 0.823. The van der Waals surface area contributed by atoms with Crippen molar-refractivity contribution >= 4 is 17.6 Å². The molecule has 2 aromatic heterocycles. The molecule has 0 aromatic carbocycles. The van der Waals surface area contributed by atoms with Crippen LogP contribution >= 0.6 is 0 Å². The molecule has 1 amide bonds. The molecule has 10 heteroatoms. The minimum Gasteiger partial charge on any atom is -0.349 e. The number of nitrogens with one attached hydrogen (secondary N) is 1. The van der Waals surface area contributed by atoms with Crippen LogP contribution in [-0.2, 0) is 25.4 Å². The molecule has 1 fully saturated rings. The standard InChI is InChI=1S/C14H21N9O/c1-15-14(16-7-12-17-10-19-21(12)3)22-4-5-23(13(24)9-22)11-6-18-20(2)8-11/h6,8,10H,4-5,7,9H2,1-3H3,(H,15,16). The van der Waals surface area contributed by atoms with E-state index in [0.29, 0.717) is 25.6 Å². The Balaban J connectivity index is 1.61. The zero-order chi connectivity index (χ0) is 17.1. The number of piperazine rings is 1. The van der Waals surface area contributed by atoms with E-state index in [0.717, 1.165) is 11.5 Å². The van der Waals surface area contributed by atoms with Gasteiger partial charge in [0.2, 0.25) is 5.91 Å². The zero-order valence-corrected chi connectivity index (χ0v) is 14.0. The molecule has 10 nitrogen and oxygen atoms in total. The van der Waals surface area contributed by atoms with Gasteiger partial charge in [0, 0.05) is 40.4 Å². The van der Waals surface area contributed by atoms with Crippen molar-refractivity contribution in [2.24, 2.45) is 19.1 Å². The van der Waals surface area contributed by atoms with E-state index in [1.165, 1.54) is 6.33 Å². The smallest absolute Gasteiger partial charge is 0.246 e. The van der Waals surface area contributed by atoms with Crippen molar-refractivity contribution < 1.29 is 4.79 Å². The van der Waals surface area contributed by atoms with Gasteiger partial charge in [-0.25, -0.2) is 4.98 Å². The van der Waals surface area contributed by atoms with E-state index in [1.807, 2.05) is 25.2 Å². The molecule has 0 saturated carbocycles. The van der Waals surface area contributed by atoms with Crippen LogP contribution < -0.4 is 10.2 Å². The number of hydrogen-bond donors (Lipinski definition) is 1. The Morgan fingerprint density at radius 1 is 1.33 bits per heavy atom. The van der Waals surface area contributed by atoms with E-state index in [2.05, 4.69) is 25.5 Å². The number of hydrogen-bond acceptors (Lipinski definition) is 5. The minimum atomic E-state index is 0.0239. The van der Waals surface area contributed by atoms with Crippen LogP contribution in [0.1, 0.15) is 5.82 Å². The van der Waals surface area contributed by atoms with Crippen LogP contribution in [0.5, 0.6) is 0 Å². The highest BCUT2D eigenvalue weighted by atomic mass is 16.2. The Morgan fingerprint density at radius 3 is 2.75 bits per heavy atom. The van der Waals surface area contributed by atoms with Gasteiger partial charge in [-0.15, -0.1) is 0 Å². The lowest BCUT2D eigenvalue weighted by atomic mass is 10.3. The van der Waals surface area contributed by atoms with E-state index < -0.39 is 0 Å². The van der Waals surface area contributed by atoms with Gasteiger partial charge in [-0.2, -0.15) is 10.2 Å². The molecule has 128 valence electrons. The first-order valence-corrected chi connectivity index (χ1v) is 7.66. The van der Waals surface area contributed by atoms with E-state index >= 15 is 0 Å². The molecule has 1 N–H and O–H groups in total. The second-order valence-corrected chi connectivity index (χ2v) is 5.54. The SMILES string of the molecule is CN=C(NCc1ncnn1C)N1CCN(c2cnn(C)c2)C(=O)C1. The number of amides is 1. The molecule has 0 radical (unpaired) electrons. The number of carbonyl (C=O) groups excluding carboxylic acids is 1. The van der Waals surface area contributed by atoms with E-state index in [1.54, 1.807) is 27.5 Å². The van der Waals surface area contributed by atoms with Crippen molar-refractivity contribution in [3.8, 4) is 0 Å². The van der Waals surface area contributed by atoms with Crippen LogP contribution in [-0.4, -0.2) is 68.0 Å². The maximum Gasteiger partial charge on any atom is 0.246 e. The molecule has 0 aliphatic carbocycles. The summed E-state index contributed by atoms with van der Waals surface area (Å²) < 4.78 is 3.39. The number of rotatable bonds is 3. The van der Waals surface area contributed by atoms with E-state index in [-0.39, 0.29) is 12.5 Å². The Hall–Kier alpha value is -2.91. The number of carbonyl (C=O) groups is 1. The predicted octanol–water partition coefficient (Wildman–Crippen LogP) is -1.03. The summed E-state index contributed by atoms with van der Waals surface area (Å²) in [6.45, 7) is 2.06. The zero-order valence-electron chi connectivity index (χ0n) is 14.0. The lowest BCUT2D eigenvalue weighted by Crippen LogP contribution is -2.55. The van der Waals surface area contributed by atoms with Crippen molar-refractivity contribution in [2.45, 2.75) is 6.54 Å². The van der Waals surface area contributed by atoms with Crippen LogP contribution in [0.25, 0.3) is 0 Å². The van der Waals surface area contributed by atoms with Gasteiger partial charge in [-0.3, -0.25) is 19.2 Å². The monoisotopic (exact) mass is 331 g/mol.